The SMILES string of the molecule is CC(C(=O)Nc1ccc(Br)cc1)N1CCCC(O)C1. The topological polar surface area (TPSA) is 52.6 Å². The number of anilines is 1. The third kappa shape index (κ3) is 4.03. The maximum absolute atomic E-state index is 12.2. The van der Waals surface area contributed by atoms with E-state index in [2.05, 4.69) is 21.2 Å². The van der Waals surface area contributed by atoms with E-state index in [1.807, 2.05) is 36.1 Å². The highest BCUT2D eigenvalue weighted by atomic mass is 79.9. The van der Waals surface area contributed by atoms with Crippen LogP contribution in [-0.4, -0.2) is 41.1 Å². The summed E-state index contributed by atoms with van der Waals surface area (Å²) in [7, 11) is 0. The lowest BCUT2D eigenvalue weighted by Gasteiger charge is -2.33. The van der Waals surface area contributed by atoms with Gasteiger partial charge in [-0.15, -0.1) is 0 Å². The largest absolute Gasteiger partial charge is 0.392 e. The number of carbonyl (C=O) groups is 1. The molecule has 1 aliphatic heterocycles. The summed E-state index contributed by atoms with van der Waals surface area (Å²) in [6.45, 7) is 3.33. The molecule has 1 aliphatic rings. The van der Waals surface area contributed by atoms with Gasteiger partial charge in [0.05, 0.1) is 12.1 Å². The highest BCUT2D eigenvalue weighted by Gasteiger charge is 2.26. The third-order valence-electron chi connectivity index (χ3n) is 3.47. The number of carbonyl (C=O) groups excluding carboxylic acids is 1. The number of hydrogen-bond acceptors (Lipinski definition) is 3. The van der Waals surface area contributed by atoms with Gasteiger partial charge in [0, 0.05) is 16.7 Å². The van der Waals surface area contributed by atoms with Crippen LogP contribution in [0.25, 0.3) is 0 Å². The molecule has 2 N–H and O–H groups in total. The molecule has 0 radical (unpaired) electrons. The molecule has 0 bridgehead atoms. The predicted molar refractivity (Wildman–Crippen MR) is 79.0 cm³/mol. The number of hydrogen-bond donors (Lipinski definition) is 2. The van der Waals surface area contributed by atoms with Crippen molar-refractivity contribution in [2.75, 3.05) is 18.4 Å². The first-order valence-electron chi connectivity index (χ1n) is 6.55. The van der Waals surface area contributed by atoms with E-state index in [1.54, 1.807) is 0 Å². The number of nitrogens with one attached hydrogen (secondary N) is 1. The van der Waals surface area contributed by atoms with Gasteiger partial charge in [0.15, 0.2) is 0 Å². The summed E-state index contributed by atoms with van der Waals surface area (Å²) in [6.07, 6.45) is 1.46. The minimum Gasteiger partial charge on any atom is -0.392 e. The van der Waals surface area contributed by atoms with Crippen molar-refractivity contribution in [3.8, 4) is 0 Å². The molecule has 104 valence electrons. The zero-order chi connectivity index (χ0) is 13.8. The van der Waals surface area contributed by atoms with Crippen LogP contribution < -0.4 is 5.32 Å². The van der Waals surface area contributed by atoms with Crippen LogP contribution in [-0.2, 0) is 4.79 Å². The maximum atomic E-state index is 12.2. The molecular weight excluding hydrogens is 308 g/mol. The van der Waals surface area contributed by atoms with Crippen molar-refractivity contribution in [2.24, 2.45) is 0 Å². The molecule has 0 aliphatic carbocycles. The molecule has 1 aromatic rings. The van der Waals surface area contributed by atoms with Crippen molar-refractivity contribution in [2.45, 2.75) is 31.9 Å². The van der Waals surface area contributed by atoms with Crippen LogP contribution in [0, 0.1) is 0 Å². The highest BCUT2D eigenvalue weighted by Crippen LogP contribution is 2.16. The summed E-state index contributed by atoms with van der Waals surface area (Å²) < 4.78 is 0.984. The molecule has 1 aromatic carbocycles. The minimum absolute atomic E-state index is 0.0311. The van der Waals surface area contributed by atoms with Gasteiger partial charge in [-0.25, -0.2) is 0 Å². The summed E-state index contributed by atoms with van der Waals surface area (Å²) in [5.74, 6) is -0.0311. The Morgan fingerprint density at radius 2 is 2.16 bits per heavy atom. The summed E-state index contributed by atoms with van der Waals surface area (Å²) in [5.41, 5.74) is 0.789. The van der Waals surface area contributed by atoms with E-state index in [0.29, 0.717) is 6.54 Å². The van der Waals surface area contributed by atoms with Crippen LogP contribution in [0.2, 0.25) is 0 Å². The fraction of sp³-hybridized carbons (Fsp3) is 0.500. The number of likely N-dealkylation sites (tertiary alicyclic amines) is 1. The van der Waals surface area contributed by atoms with Crippen molar-refractivity contribution in [3.05, 3.63) is 28.7 Å². The second-order valence-corrected chi connectivity index (χ2v) is 5.88. The first-order valence-corrected chi connectivity index (χ1v) is 7.34. The fourth-order valence-electron chi connectivity index (χ4n) is 2.28. The molecule has 0 aromatic heterocycles. The van der Waals surface area contributed by atoms with Crippen LogP contribution in [0.1, 0.15) is 19.8 Å². The Labute approximate surface area is 121 Å². The normalized spacial score (nSPS) is 21.9. The number of aliphatic hydroxyl groups excluding tert-OH is 1. The van der Waals surface area contributed by atoms with E-state index in [1.165, 1.54) is 0 Å². The van der Waals surface area contributed by atoms with Gasteiger partial charge in [-0.05, 0) is 50.6 Å². The van der Waals surface area contributed by atoms with Crippen LogP contribution in [0.5, 0.6) is 0 Å². The first kappa shape index (κ1) is 14.5. The number of amides is 1. The highest BCUT2D eigenvalue weighted by molar-refractivity contribution is 9.10. The molecule has 0 spiro atoms. The molecule has 5 heteroatoms. The van der Waals surface area contributed by atoms with Crippen molar-refractivity contribution >= 4 is 27.5 Å². The van der Waals surface area contributed by atoms with E-state index >= 15 is 0 Å². The van der Waals surface area contributed by atoms with Gasteiger partial charge in [-0.1, -0.05) is 15.9 Å². The number of nitrogens with zero attached hydrogens (tertiary/aromatic N) is 1. The molecule has 1 amide bonds. The fourth-order valence-corrected chi connectivity index (χ4v) is 2.55. The van der Waals surface area contributed by atoms with Crippen LogP contribution in [0.4, 0.5) is 5.69 Å². The zero-order valence-electron chi connectivity index (χ0n) is 11.0. The van der Waals surface area contributed by atoms with E-state index < -0.39 is 0 Å². The smallest absolute Gasteiger partial charge is 0.241 e. The van der Waals surface area contributed by atoms with Crippen molar-refractivity contribution in [3.63, 3.8) is 0 Å². The Morgan fingerprint density at radius 3 is 2.79 bits per heavy atom. The van der Waals surface area contributed by atoms with E-state index in [0.717, 1.165) is 29.5 Å². The molecule has 19 heavy (non-hydrogen) atoms. The van der Waals surface area contributed by atoms with Gasteiger partial charge in [0.2, 0.25) is 5.91 Å². The molecule has 2 unspecified atom stereocenters. The molecule has 1 saturated heterocycles. The van der Waals surface area contributed by atoms with Gasteiger partial charge >= 0.3 is 0 Å². The molecule has 2 rings (SSSR count). The van der Waals surface area contributed by atoms with Crippen LogP contribution in [0.15, 0.2) is 28.7 Å². The molecule has 1 heterocycles. The van der Waals surface area contributed by atoms with E-state index in [9.17, 15) is 9.90 Å². The third-order valence-corrected chi connectivity index (χ3v) is 4.00. The lowest BCUT2D eigenvalue weighted by atomic mass is 10.1. The van der Waals surface area contributed by atoms with Gasteiger partial charge < -0.3 is 10.4 Å². The van der Waals surface area contributed by atoms with Gasteiger partial charge in [-0.2, -0.15) is 0 Å². The molecule has 0 saturated carbocycles. The summed E-state index contributed by atoms with van der Waals surface area (Å²) in [4.78, 5) is 14.2. The number of β-amino-alcohol motifs (C(OH)–C–C–N with tert-alkyl or cyclic N) is 1. The summed E-state index contributed by atoms with van der Waals surface area (Å²) in [6, 6.07) is 7.29. The Hall–Kier alpha value is -0.910. The van der Waals surface area contributed by atoms with Crippen molar-refractivity contribution < 1.29 is 9.90 Å². The minimum atomic E-state index is -0.309. The summed E-state index contributed by atoms with van der Waals surface area (Å²) in [5, 5.41) is 12.5. The average Bonchev–Trinajstić information content (AvgIpc) is 2.40. The molecule has 4 nitrogen and oxygen atoms in total. The summed E-state index contributed by atoms with van der Waals surface area (Å²) >= 11 is 3.36. The maximum Gasteiger partial charge on any atom is 0.241 e. The molecule has 1 fully saturated rings. The standard InChI is InChI=1S/C14H19BrN2O2/c1-10(17-8-2-3-13(18)9-17)14(19)16-12-6-4-11(15)5-7-12/h4-7,10,13,18H,2-3,8-9H2,1H3,(H,16,19). The number of aliphatic hydroxyl groups is 1. The second-order valence-electron chi connectivity index (χ2n) is 4.96. The number of halogens is 1. The number of rotatable bonds is 3. The van der Waals surface area contributed by atoms with Crippen molar-refractivity contribution in [1.29, 1.82) is 0 Å². The Morgan fingerprint density at radius 1 is 1.47 bits per heavy atom. The van der Waals surface area contributed by atoms with Gasteiger partial charge in [0.25, 0.3) is 0 Å². The van der Waals surface area contributed by atoms with Gasteiger partial charge in [0.1, 0.15) is 0 Å². The lowest BCUT2D eigenvalue weighted by molar-refractivity contribution is -0.121. The monoisotopic (exact) mass is 326 g/mol. The van der Waals surface area contributed by atoms with Gasteiger partial charge in [-0.3, -0.25) is 9.69 Å². The Kier molecular flexibility index (Phi) is 4.96. The quantitative estimate of drug-likeness (QED) is 0.895. The zero-order valence-corrected chi connectivity index (χ0v) is 12.6. The van der Waals surface area contributed by atoms with E-state index in [4.69, 9.17) is 0 Å². The van der Waals surface area contributed by atoms with Crippen LogP contribution >= 0.6 is 15.9 Å². The molecule has 2 atom stereocenters. The Balaban J connectivity index is 1.93. The average molecular weight is 327 g/mol. The number of piperidine rings is 1. The second kappa shape index (κ2) is 6.50. The lowest BCUT2D eigenvalue weighted by Crippen LogP contribution is -2.48. The predicted octanol–water partition coefficient (Wildman–Crippen LogP) is 2.23. The van der Waals surface area contributed by atoms with E-state index in [-0.39, 0.29) is 18.1 Å². The molecular formula is C14H19BrN2O2. The number of benzene rings is 1. The van der Waals surface area contributed by atoms with Crippen LogP contribution in [0.3, 0.4) is 0 Å². The Bertz CT molecular complexity index is 436. The van der Waals surface area contributed by atoms with Crippen molar-refractivity contribution in [1.82, 2.24) is 4.90 Å². The first-order chi connectivity index (χ1) is 9.06.